The van der Waals surface area contributed by atoms with Crippen LogP contribution in [0.25, 0.3) is 0 Å². The average Bonchev–Trinajstić information content (AvgIpc) is 2.30. The molecule has 1 aliphatic heterocycles. The second-order valence-electron chi connectivity index (χ2n) is 4.10. The first-order valence-electron chi connectivity index (χ1n) is 5.65. The first-order chi connectivity index (χ1) is 7.33. The third kappa shape index (κ3) is 2.07. The van der Waals surface area contributed by atoms with Gasteiger partial charge in [-0.15, -0.1) is 0 Å². The van der Waals surface area contributed by atoms with Crippen molar-refractivity contribution in [3.05, 3.63) is 23.8 Å². The van der Waals surface area contributed by atoms with Crippen LogP contribution in [-0.4, -0.2) is 13.1 Å². The number of hydrogen-bond donors (Lipinski definition) is 2. The minimum Gasteiger partial charge on any atom is -0.398 e. The molecule has 82 valence electrons. The Labute approximate surface area is 91.1 Å². The molecule has 1 aliphatic rings. The first-order valence-corrected chi connectivity index (χ1v) is 5.65. The molecule has 15 heavy (non-hydrogen) atoms. The molecule has 3 nitrogen and oxygen atoms in total. The number of benzene rings is 1. The summed E-state index contributed by atoms with van der Waals surface area (Å²) in [6.45, 7) is 2.80. The van der Waals surface area contributed by atoms with Gasteiger partial charge in [0, 0.05) is 36.6 Å². The van der Waals surface area contributed by atoms with Gasteiger partial charge in [0.2, 0.25) is 0 Å². The highest BCUT2D eigenvalue weighted by atomic mass is 15.1. The molecule has 4 N–H and O–H groups in total. The SMILES string of the molecule is NCc1c(N)cccc1N1CCCCC1. The van der Waals surface area contributed by atoms with Crippen LogP contribution in [-0.2, 0) is 6.54 Å². The molecule has 0 radical (unpaired) electrons. The number of nitrogens with two attached hydrogens (primary N) is 2. The molecule has 0 aliphatic carbocycles. The number of nitrogen functional groups attached to an aromatic ring is 1. The van der Waals surface area contributed by atoms with Crippen molar-refractivity contribution in [3.63, 3.8) is 0 Å². The van der Waals surface area contributed by atoms with Crippen LogP contribution in [0.15, 0.2) is 18.2 Å². The Morgan fingerprint density at radius 1 is 1.13 bits per heavy atom. The van der Waals surface area contributed by atoms with E-state index in [9.17, 15) is 0 Å². The molecule has 0 bridgehead atoms. The second-order valence-corrected chi connectivity index (χ2v) is 4.10. The monoisotopic (exact) mass is 205 g/mol. The van der Waals surface area contributed by atoms with Crippen molar-refractivity contribution >= 4 is 11.4 Å². The predicted octanol–water partition coefficient (Wildman–Crippen LogP) is 1.72. The average molecular weight is 205 g/mol. The zero-order valence-corrected chi connectivity index (χ0v) is 9.08. The summed E-state index contributed by atoms with van der Waals surface area (Å²) in [6.07, 6.45) is 3.90. The number of piperidine rings is 1. The molecule has 1 aromatic rings. The largest absolute Gasteiger partial charge is 0.398 e. The molecule has 0 unspecified atom stereocenters. The fourth-order valence-corrected chi connectivity index (χ4v) is 2.25. The van der Waals surface area contributed by atoms with Crippen LogP contribution in [0.3, 0.4) is 0 Å². The van der Waals surface area contributed by atoms with Crippen molar-refractivity contribution in [3.8, 4) is 0 Å². The summed E-state index contributed by atoms with van der Waals surface area (Å²) in [5.74, 6) is 0. The van der Waals surface area contributed by atoms with Crippen molar-refractivity contribution in [1.29, 1.82) is 0 Å². The second kappa shape index (κ2) is 4.53. The van der Waals surface area contributed by atoms with Gasteiger partial charge in [-0.05, 0) is 31.4 Å². The molecule has 0 saturated carbocycles. The summed E-state index contributed by atoms with van der Waals surface area (Å²) in [5.41, 5.74) is 14.8. The number of rotatable bonds is 2. The van der Waals surface area contributed by atoms with Crippen LogP contribution >= 0.6 is 0 Å². The van der Waals surface area contributed by atoms with E-state index in [0.29, 0.717) is 6.54 Å². The number of anilines is 2. The molecule has 0 aromatic heterocycles. The van der Waals surface area contributed by atoms with Crippen LogP contribution in [0.4, 0.5) is 11.4 Å². The minimum absolute atomic E-state index is 0.526. The zero-order valence-electron chi connectivity index (χ0n) is 9.08. The van der Waals surface area contributed by atoms with E-state index in [1.807, 2.05) is 12.1 Å². The van der Waals surface area contributed by atoms with Crippen LogP contribution in [0.1, 0.15) is 24.8 Å². The Balaban J connectivity index is 2.29. The van der Waals surface area contributed by atoms with Gasteiger partial charge in [-0.3, -0.25) is 0 Å². The van der Waals surface area contributed by atoms with Crippen LogP contribution < -0.4 is 16.4 Å². The first kappa shape index (κ1) is 10.3. The Morgan fingerprint density at radius 2 is 1.87 bits per heavy atom. The van der Waals surface area contributed by atoms with Gasteiger partial charge in [-0.25, -0.2) is 0 Å². The Hall–Kier alpha value is -1.22. The van der Waals surface area contributed by atoms with E-state index in [0.717, 1.165) is 24.3 Å². The summed E-state index contributed by atoms with van der Waals surface area (Å²) in [7, 11) is 0. The maximum absolute atomic E-state index is 5.93. The molecular weight excluding hydrogens is 186 g/mol. The minimum atomic E-state index is 0.526. The van der Waals surface area contributed by atoms with Crippen molar-refractivity contribution in [2.75, 3.05) is 23.7 Å². The van der Waals surface area contributed by atoms with E-state index in [1.54, 1.807) is 0 Å². The molecule has 1 heterocycles. The third-order valence-electron chi connectivity index (χ3n) is 3.09. The van der Waals surface area contributed by atoms with Gasteiger partial charge < -0.3 is 16.4 Å². The number of nitrogens with zero attached hydrogens (tertiary/aromatic N) is 1. The van der Waals surface area contributed by atoms with Gasteiger partial charge in [-0.2, -0.15) is 0 Å². The van der Waals surface area contributed by atoms with Crippen molar-refractivity contribution < 1.29 is 0 Å². The topological polar surface area (TPSA) is 55.3 Å². The van der Waals surface area contributed by atoms with Gasteiger partial charge in [-0.1, -0.05) is 6.07 Å². The molecular formula is C12H19N3. The van der Waals surface area contributed by atoms with E-state index < -0.39 is 0 Å². The lowest BCUT2D eigenvalue weighted by Gasteiger charge is -2.30. The summed E-state index contributed by atoms with van der Waals surface area (Å²) < 4.78 is 0. The summed E-state index contributed by atoms with van der Waals surface area (Å²) in [5, 5.41) is 0. The van der Waals surface area contributed by atoms with Gasteiger partial charge >= 0.3 is 0 Å². The highest BCUT2D eigenvalue weighted by Crippen LogP contribution is 2.27. The van der Waals surface area contributed by atoms with Gasteiger partial charge in [0.25, 0.3) is 0 Å². The molecule has 0 spiro atoms. The normalized spacial score (nSPS) is 16.7. The third-order valence-corrected chi connectivity index (χ3v) is 3.09. The smallest absolute Gasteiger partial charge is 0.0432 e. The molecule has 3 heteroatoms. The highest BCUT2D eigenvalue weighted by molar-refractivity contribution is 5.64. The van der Waals surface area contributed by atoms with Gasteiger partial charge in [0.15, 0.2) is 0 Å². The molecule has 0 amide bonds. The highest BCUT2D eigenvalue weighted by Gasteiger charge is 2.14. The predicted molar refractivity (Wildman–Crippen MR) is 64.8 cm³/mol. The van der Waals surface area contributed by atoms with Crippen LogP contribution in [0.5, 0.6) is 0 Å². The van der Waals surface area contributed by atoms with Gasteiger partial charge in [0.1, 0.15) is 0 Å². The lowest BCUT2D eigenvalue weighted by atomic mass is 10.1. The molecule has 1 aromatic carbocycles. The van der Waals surface area contributed by atoms with Crippen molar-refractivity contribution in [2.45, 2.75) is 25.8 Å². The van der Waals surface area contributed by atoms with Crippen molar-refractivity contribution in [2.24, 2.45) is 5.73 Å². The van der Waals surface area contributed by atoms with Crippen LogP contribution in [0, 0.1) is 0 Å². The summed E-state index contributed by atoms with van der Waals surface area (Å²) in [4.78, 5) is 2.40. The molecule has 1 saturated heterocycles. The molecule has 1 fully saturated rings. The van der Waals surface area contributed by atoms with E-state index in [1.165, 1.54) is 24.9 Å². The Morgan fingerprint density at radius 3 is 2.53 bits per heavy atom. The quantitative estimate of drug-likeness (QED) is 0.723. The molecule has 2 rings (SSSR count). The zero-order chi connectivity index (χ0) is 10.7. The fraction of sp³-hybridized carbons (Fsp3) is 0.500. The number of hydrogen-bond acceptors (Lipinski definition) is 3. The Kier molecular flexibility index (Phi) is 3.11. The summed E-state index contributed by atoms with van der Waals surface area (Å²) >= 11 is 0. The fourth-order valence-electron chi connectivity index (χ4n) is 2.25. The maximum atomic E-state index is 5.93. The van der Waals surface area contributed by atoms with E-state index in [2.05, 4.69) is 11.0 Å². The van der Waals surface area contributed by atoms with E-state index >= 15 is 0 Å². The van der Waals surface area contributed by atoms with Crippen LogP contribution in [0.2, 0.25) is 0 Å². The standard InChI is InChI=1S/C12H19N3/c13-9-10-11(14)5-4-6-12(10)15-7-2-1-3-8-15/h4-6H,1-3,7-9,13-14H2. The Bertz CT molecular complexity index is 330. The molecule has 0 atom stereocenters. The van der Waals surface area contributed by atoms with E-state index in [-0.39, 0.29) is 0 Å². The van der Waals surface area contributed by atoms with Crippen molar-refractivity contribution in [1.82, 2.24) is 0 Å². The van der Waals surface area contributed by atoms with Gasteiger partial charge in [0.05, 0.1) is 0 Å². The maximum Gasteiger partial charge on any atom is 0.0432 e. The lowest BCUT2D eigenvalue weighted by molar-refractivity contribution is 0.576. The lowest BCUT2D eigenvalue weighted by Crippen LogP contribution is -2.30. The summed E-state index contributed by atoms with van der Waals surface area (Å²) in [6, 6.07) is 6.07. The van der Waals surface area contributed by atoms with E-state index in [4.69, 9.17) is 11.5 Å².